The Hall–Kier alpha value is -8.20. The molecule has 0 atom stereocenters. The van der Waals surface area contributed by atoms with Gasteiger partial charge in [-0.25, -0.2) is 0 Å². The molecule has 12 aromatic rings. The zero-order chi connectivity index (χ0) is 46.2. The Balaban J connectivity index is 1.28. The van der Waals surface area contributed by atoms with Crippen LogP contribution in [0.3, 0.4) is 0 Å². The van der Waals surface area contributed by atoms with Gasteiger partial charge >= 0.3 is 0 Å². The summed E-state index contributed by atoms with van der Waals surface area (Å²) in [7, 11) is 0. The molecule has 0 aromatic heterocycles. The molecule has 0 unspecified atom stereocenters. The van der Waals surface area contributed by atoms with E-state index in [1.54, 1.807) is 0 Å². The van der Waals surface area contributed by atoms with Crippen molar-refractivity contribution in [2.24, 2.45) is 0 Å². The number of rotatable bonds is 8. The van der Waals surface area contributed by atoms with Crippen molar-refractivity contribution < 1.29 is 0 Å². The van der Waals surface area contributed by atoms with Gasteiger partial charge in [-0.15, -0.1) is 0 Å². The van der Waals surface area contributed by atoms with Crippen LogP contribution in [-0.4, -0.2) is 0 Å². The van der Waals surface area contributed by atoms with Crippen LogP contribution >= 0.6 is 0 Å². The predicted octanol–water partition coefficient (Wildman–Crippen LogP) is 19.0. The van der Waals surface area contributed by atoms with Crippen LogP contribution < -0.4 is 9.80 Å². The first-order valence-electron chi connectivity index (χ1n) is 23.8. The average molecular weight is 873 g/mol. The molecule has 0 saturated carbocycles. The Bertz CT molecular complexity index is 3610. The quantitative estimate of drug-likeness (QED) is 0.140. The average Bonchev–Trinajstić information content (AvgIpc) is 3.34. The van der Waals surface area contributed by atoms with Crippen LogP contribution in [0.5, 0.6) is 0 Å². The second-order valence-electron chi connectivity index (χ2n) is 19.0. The van der Waals surface area contributed by atoms with Crippen LogP contribution in [0.2, 0.25) is 0 Å². The van der Waals surface area contributed by atoms with Crippen molar-refractivity contribution in [3.8, 4) is 22.3 Å². The molecule has 0 aliphatic heterocycles. The zero-order valence-corrected chi connectivity index (χ0v) is 39.5. The number of hydrogen-bond acceptors (Lipinski definition) is 2. The maximum Gasteiger partial charge on any atom is 0.0547 e. The van der Waals surface area contributed by atoms with Crippen LogP contribution in [0.4, 0.5) is 34.1 Å². The van der Waals surface area contributed by atoms with Gasteiger partial charge in [-0.05, 0) is 156 Å². The first kappa shape index (κ1) is 41.2. The molecule has 0 fully saturated rings. The monoisotopic (exact) mass is 872 g/mol. The molecule has 0 aliphatic rings. The normalized spacial score (nSPS) is 11.7. The standard InChI is InChI=1S/C66H52N2/c1-41-21-25-49(26-22-41)59-39-63(67(51-35-43(3)33-44(4)36-51)61-19-11-15-47-13-7-9-17-53(47)61)57-32-30-56-60(50-27-23-42(2)24-28-50)40-64(58-31-29-55(59)65(57)66(56)58)68(52-37-45(5)34-46(6)38-52)62-20-12-16-48-14-8-10-18-54(48)62/h7-40H,1-6H3. The van der Waals surface area contributed by atoms with E-state index in [9.17, 15) is 0 Å². The molecular formula is C66H52N2. The Labute approximate surface area is 399 Å². The third kappa shape index (κ3) is 6.95. The summed E-state index contributed by atoms with van der Waals surface area (Å²) in [6, 6.07) is 77.7. The van der Waals surface area contributed by atoms with Crippen molar-refractivity contribution in [3.63, 3.8) is 0 Å². The third-order valence-corrected chi connectivity index (χ3v) is 14.0. The number of hydrogen-bond donors (Lipinski definition) is 0. The molecule has 0 N–H and O–H groups in total. The van der Waals surface area contributed by atoms with Crippen molar-refractivity contribution in [2.45, 2.75) is 41.5 Å². The van der Waals surface area contributed by atoms with Gasteiger partial charge in [0.2, 0.25) is 0 Å². The van der Waals surface area contributed by atoms with Gasteiger partial charge in [0.15, 0.2) is 0 Å². The highest BCUT2D eigenvalue weighted by Gasteiger charge is 2.27. The second kappa shape index (κ2) is 16.3. The van der Waals surface area contributed by atoms with Crippen LogP contribution in [0, 0.1) is 41.5 Å². The topological polar surface area (TPSA) is 6.48 Å². The van der Waals surface area contributed by atoms with Crippen LogP contribution in [-0.2, 0) is 0 Å². The lowest BCUT2D eigenvalue weighted by Gasteiger charge is -2.32. The Morgan fingerprint density at radius 1 is 0.250 bits per heavy atom. The maximum atomic E-state index is 2.53. The van der Waals surface area contributed by atoms with E-state index < -0.39 is 0 Å². The van der Waals surface area contributed by atoms with E-state index in [0.29, 0.717) is 0 Å². The van der Waals surface area contributed by atoms with Gasteiger partial charge < -0.3 is 9.80 Å². The summed E-state index contributed by atoms with van der Waals surface area (Å²) >= 11 is 0. The number of anilines is 6. The summed E-state index contributed by atoms with van der Waals surface area (Å²) in [6.07, 6.45) is 0. The molecule has 0 bridgehead atoms. The smallest absolute Gasteiger partial charge is 0.0547 e. The minimum Gasteiger partial charge on any atom is -0.309 e. The van der Waals surface area contributed by atoms with Gasteiger partial charge in [-0.1, -0.05) is 169 Å². The number of benzene rings is 12. The highest BCUT2D eigenvalue weighted by molar-refractivity contribution is 6.32. The van der Waals surface area contributed by atoms with Crippen LogP contribution in [0.15, 0.2) is 206 Å². The van der Waals surface area contributed by atoms with Crippen molar-refractivity contribution in [1.29, 1.82) is 0 Å². The van der Waals surface area contributed by atoms with E-state index in [1.165, 1.54) is 109 Å². The fourth-order valence-electron chi connectivity index (χ4n) is 11.1. The molecule has 2 nitrogen and oxygen atoms in total. The van der Waals surface area contributed by atoms with Gasteiger partial charge in [-0.2, -0.15) is 0 Å². The summed E-state index contributed by atoms with van der Waals surface area (Å²) in [5.74, 6) is 0. The van der Waals surface area contributed by atoms with Crippen LogP contribution in [0.25, 0.3) is 76.1 Å². The van der Waals surface area contributed by atoms with Gasteiger partial charge in [0.05, 0.1) is 22.7 Å². The fourth-order valence-corrected chi connectivity index (χ4v) is 11.1. The summed E-state index contributed by atoms with van der Waals surface area (Å²) in [5.41, 5.74) is 19.1. The molecule has 12 aromatic carbocycles. The van der Waals surface area contributed by atoms with Gasteiger partial charge in [0, 0.05) is 43.7 Å². The van der Waals surface area contributed by atoms with E-state index in [-0.39, 0.29) is 0 Å². The third-order valence-electron chi connectivity index (χ3n) is 14.0. The molecule has 0 amide bonds. The Kier molecular flexibility index (Phi) is 9.88. The van der Waals surface area contributed by atoms with Crippen molar-refractivity contribution in [3.05, 3.63) is 240 Å². The van der Waals surface area contributed by atoms with Crippen molar-refractivity contribution in [1.82, 2.24) is 0 Å². The van der Waals surface area contributed by atoms with Crippen molar-refractivity contribution >= 4 is 88.0 Å². The van der Waals surface area contributed by atoms with E-state index in [4.69, 9.17) is 0 Å². The number of nitrogens with zero attached hydrogens (tertiary/aromatic N) is 2. The minimum atomic E-state index is 1.14. The lowest BCUT2D eigenvalue weighted by Crippen LogP contribution is -2.13. The van der Waals surface area contributed by atoms with Crippen LogP contribution in [0.1, 0.15) is 33.4 Å². The summed E-state index contributed by atoms with van der Waals surface area (Å²) in [6.45, 7) is 13.2. The maximum absolute atomic E-state index is 2.53. The molecule has 0 aliphatic carbocycles. The molecule has 0 saturated heterocycles. The molecule has 0 heterocycles. The molecule has 326 valence electrons. The first-order chi connectivity index (χ1) is 33.2. The van der Waals surface area contributed by atoms with E-state index in [0.717, 1.165) is 34.1 Å². The molecule has 12 rings (SSSR count). The van der Waals surface area contributed by atoms with Gasteiger partial charge in [-0.3, -0.25) is 0 Å². The Morgan fingerprint density at radius 3 is 1.00 bits per heavy atom. The summed E-state index contributed by atoms with van der Waals surface area (Å²) in [5, 5.41) is 12.2. The SMILES string of the molecule is Cc1ccc(-c2cc(N(c3cc(C)cc(C)c3)c3cccc4ccccc34)c3ccc4c(-c5ccc(C)cc5)cc(N(c5cc(C)cc(C)c5)c5cccc6ccccc56)c5ccc2c3c45)cc1. The minimum absolute atomic E-state index is 1.14. The number of aryl methyl sites for hydroxylation is 6. The van der Waals surface area contributed by atoms with E-state index >= 15 is 0 Å². The highest BCUT2D eigenvalue weighted by atomic mass is 15.2. The second-order valence-corrected chi connectivity index (χ2v) is 19.0. The molecular weight excluding hydrogens is 821 g/mol. The lowest BCUT2D eigenvalue weighted by atomic mass is 9.85. The van der Waals surface area contributed by atoms with Gasteiger partial charge in [0.25, 0.3) is 0 Å². The summed E-state index contributed by atoms with van der Waals surface area (Å²) in [4.78, 5) is 5.07. The Morgan fingerprint density at radius 2 is 0.603 bits per heavy atom. The van der Waals surface area contributed by atoms with E-state index in [2.05, 4.69) is 258 Å². The molecule has 0 radical (unpaired) electrons. The zero-order valence-electron chi connectivity index (χ0n) is 39.5. The van der Waals surface area contributed by atoms with E-state index in [1.807, 2.05) is 0 Å². The van der Waals surface area contributed by atoms with Gasteiger partial charge in [0.1, 0.15) is 0 Å². The predicted molar refractivity (Wildman–Crippen MR) is 294 cm³/mol. The molecule has 2 heteroatoms. The molecule has 68 heavy (non-hydrogen) atoms. The lowest BCUT2D eigenvalue weighted by molar-refractivity contribution is 1.27. The molecule has 0 spiro atoms. The van der Waals surface area contributed by atoms with Crippen molar-refractivity contribution in [2.75, 3.05) is 9.80 Å². The first-order valence-corrected chi connectivity index (χ1v) is 23.8. The number of fused-ring (bicyclic) bond motifs is 2. The summed E-state index contributed by atoms with van der Waals surface area (Å²) < 4.78 is 0. The fraction of sp³-hybridized carbons (Fsp3) is 0.0909. The largest absolute Gasteiger partial charge is 0.309 e. The highest BCUT2D eigenvalue weighted by Crippen LogP contribution is 2.53.